The number of nitrogens with two attached hydrogens (primary N) is 1. The second-order valence-corrected chi connectivity index (χ2v) is 5.55. The first kappa shape index (κ1) is 12.6. The fraction of sp³-hybridized carbons (Fsp3) is 0.500. The summed E-state index contributed by atoms with van der Waals surface area (Å²) in [6, 6.07) is 5.80. The van der Waals surface area contributed by atoms with Gasteiger partial charge in [0.05, 0.1) is 36.6 Å². The molecule has 3 unspecified atom stereocenters. The summed E-state index contributed by atoms with van der Waals surface area (Å²) in [6.07, 6.45) is 3.74. The maximum Gasteiger partial charge on any atom is 0.186 e. The maximum absolute atomic E-state index is 5.97. The van der Waals surface area contributed by atoms with E-state index in [1.807, 2.05) is 16.8 Å². The molecule has 0 amide bonds. The number of para-hydroxylation sites is 1. The molecule has 0 saturated carbocycles. The van der Waals surface area contributed by atoms with Crippen LogP contribution >= 0.6 is 0 Å². The van der Waals surface area contributed by atoms with Crippen LogP contribution in [0.1, 0.15) is 25.3 Å². The summed E-state index contributed by atoms with van der Waals surface area (Å²) >= 11 is 0. The van der Waals surface area contributed by atoms with Crippen molar-refractivity contribution in [3.63, 3.8) is 0 Å². The van der Waals surface area contributed by atoms with Crippen LogP contribution < -0.4 is 10.5 Å². The average molecular weight is 287 g/mol. The molecule has 2 saturated heterocycles. The normalized spacial score (nSPS) is 27.2. The highest BCUT2D eigenvalue weighted by Crippen LogP contribution is 2.43. The van der Waals surface area contributed by atoms with Crippen molar-refractivity contribution < 1.29 is 9.47 Å². The Kier molecular flexibility index (Phi) is 2.81. The molecule has 2 aliphatic rings. The van der Waals surface area contributed by atoms with Crippen LogP contribution in [0, 0.1) is 0 Å². The van der Waals surface area contributed by atoms with E-state index >= 15 is 0 Å². The summed E-state index contributed by atoms with van der Waals surface area (Å²) < 4.78 is 13.2. The van der Waals surface area contributed by atoms with E-state index in [0.717, 1.165) is 24.8 Å². The van der Waals surface area contributed by atoms with Gasteiger partial charge < -0.3 is 15.2 Å². The van der Waals surface area contributed by atoms with Crippen molar-refractivity contribution in [2.24, 2.45) is 0 Å². The van der Waals surface area contributed by atoms with Crippen molar-refractivity contribution in [3.05, 3.63) is 18.2 Å². The van der Waals surface area contributed by atoms with E-state index in [0.29, 0.717) is 23.4 Å². The minimum absolute atomic E-state index is 0.194. The van der Waals surface area contributed by atoms with Gasteiger partial charge in [-0.25, -0.2) is 4.68 Å². The number of fused-ring (bicyclic) bond motifs is 2. The van der Waals surface area contributed by atoms with Crippen molar-refractivity contribution >= 4 is 5.69 Å². The first-order valence-electron chi connectivity index (χ1n) is 7.14. The van der Waals surface area contributed by atoms with Crippen LogP contribution in [-0.4, -0.2) is 39.5 Å². The first-order valence-corrected chi connectivity index (χ1v) is 7.14. The van der Waals surface area contributed by atoms with E-state index in [1.165, 1.54) is 0 Å². The SMILES string of the molecule is COc1c(N)cccc1-c1nnnn1C1CC2CCC1O2. The Hall–Kier alpha value is -2.15. The molecule has 0 aliphatic carbocycles. The van der Waals surface area contributed by atoms with Gasteiger partial charge in [-0.1, -0.05) is 6.07 Å². The standard InChI is InChI=1S/C14H17N5O2/c1-20-13-9(3-2-4-10(13)15)14-16-17-18-19(14)11-7-8-5-6-12(11)21-8/h2-4,8,11-12H,5-7,15H2,1H3. The van der Waals surface area contributed by atoms with Gasteiger partial charge >= 0.3 is 0 Å². The van der Waals surface area contributed by atoms with E-state index in [9.17, 15) is 0 Å². The first-order chi connectivity index (χ1) is 10.3. The quantitative estimate of drug-likeness (QED) is 0.859. The maximum atomic E-state index is 5.97. The number of nitrogen functional groups attached to an aromatic ring is 1. The van der Waals surface area contributed by atoms with Crippen LogP contribution in [0.15, 0.2) is 18.2 Å². The fourth-order valence-electron chi connectivity index (χ4n) is 3.42. The van der Waals surface area contributed by atoms with Gasteiger partial charge in [-0.05, 0) is 41.8 Å². The van der Waals surface area contributed by atoms with E-state index in [2.05, 4.69) is 15.5 Å². The Balaban J connectivity index is 1.78. The number of nitrogens with zero attached hydrogens (tertiary/aromatic N) is 4. The van der Waals surface area contributed by atoms with Crippen molar-refractivity contribution in [2.45, 2.75) is 37.5 Å². The second kappa shape index (κ2) is 4.70. The third-order valence-electron chi connectivity index (χ3n) is 4.37. The lowest BCUT2D eigenvalue weighted by molar-refractivity contribution is 0.0922. The number of benzene rings is 1. The summed E-state index contributed by atoms with van der Waals surface area (Å²) in [5, 5.41) is 12.2. The lowest BCUT2D eigenvalue weighted by Crippen LogP contribution is -2.23. The van der Waals surface area contributed by atoms with Gasteiger partial charge in [-0.15, -0.1) is 5.10 Å². The molecule has 0 spiro atoms. The highest BCUT2D eigenvalue weighted by molar-refractivity contribution is 5.73. The zero-order chi connectivity index (χ0) is 14.4. The number of anilines is 1. The lowest BCUT2D eigenvalue weighted by Gasteiger charge is -2.20. The largest absolute Gasteiger partial charge is 0.494 e. The molecule has 0 radical (unpaired) electrons. The van der Waals surface area contributed by atoms with Gasteiger partial charge in [0.25, 0.3) is 0 Å². The second-order valence-electron chi connectivity index (χ2n) is 5.55. The number of methoxy groups -OCH3 is 1. The van der Waals surface area contributed by atoms with Crippen LogP contribution in [0.2, 0.25) is 0 Å². The Morgan fingerprint density at radius 2 is 2.29 bits per heavy atom. The van der Waals surface area contributed by atoms with Crippen LogP contribution in [0.4, 0.5) is 5.69 Å². The Morgan fingerprint density at radius 1 is 1.38 bits per heavy atom. The van der Waals surface area contributed by atoms with Crippen molar-refractivity contribution in [1.82, 2.24) is 20.2 Å². The molecule has 7 heteroatoms. The fourth-order valence-corrected chi connectivity index (χ4v) is 3.42. The summed E-state index contributed by atoms with van der Waals surface area (Å²) in [5.74, 6) is 1.29. The van der Waals surface area contributed by atoms with Gasteiger partial charge in [0.15, 0.2) is 11.6 Å². The van der Waals surface area contributed by atoms with Gasteiger partial charge in [0, 0.05) is 0 Å². The van der Waals surface area contributed by atoms with Gasteiger partial charge in [-0.2, -0.15) is 0 Å². The average Bonchev–Trinajstić information content (AvgIpc) is 3.22. The minimum atomic E-state index is 0.194. The number of aromatic nitrogens is 4. The van der Waals surface area contributed by atoms with Crippen LogP contribution in [0.5, 0.6) is 5.75 Å². The molecule has 21 heavy (non-hydrogen) atoms. The molecule has 2 aliphatic heterocycles. The highest BCUT2D eigenvalue weighted by Gasteiger charge is 2.43. The van der Waals surface area contributed by atoms with E-state index in [-0.39, 0.29) is 12.1 Å². The third kappa shape index (κ3) is 1.88. The number of rotatable bonds is 3. The van der Waals surface area contributed by atoms with Crippen molar-refractivity contribution in [2.75, 3.05) is 12.8 Å². The molecule has 3 atom stereocenters. The molecule has 110 valence electrons. The smallest absolute Gasteiger partial charge is 0.186 e. The third-order valence-corrected chi connectivity index (χ3v) is 4.37. The number of hydrogen-bond acceptors (Lipinski definition) is 6. The molecule has 2 bridgehead atoms. The molecule has 1 aromatic carbocycles. The van der Waals surface area contributed by atoms with Crippen molar-refractivity contribution in [3.8, 4) is 17.1 Å². The molecule has 1 aromatic heterocycles. The van der Waals surface area contributed by atoms with Gasteiger partial charge in [0.1, 0.15) is 0 Å². The number of ether oxygens (including phenoxy) is 2. The molecule has 7 nitrogen and oxygen atoms in total. The number of tetrazole rings is 1. The van der Waals surface area contributed by atoms with Crippen LogP contribution in [0.25, 0.3) is 11.4 Å². The predicted octanol–water partition coefficient (Wildman–Crippen LogP) is 1.42. The van der Waals surface area contributed by atoms with E-state index in [4.69, 9.17) is 15.2 Å². The van der Waals surface area contributed by atoms with Gasteiger partial charge in [0.2, 0.25) is 0 Å². The van der Waals surface area contributed by atoms with Crippen LogP contribution in [0.3, 0.4) is 0 Å². The molecule has 3 heterocycles. The van der Waals surface area contributed by atoms with Crippen LogP contribution in [-0.2, 0) is 4.74 Å². The predicted molar refractivity (Wildman–Crippen MR) is 75.8 cm³/mol. The molecular formula is C14H17N5O2. The lowest BCUT2D eigenvalue weighted by atomic mass is 9.95. The van der Waals surface area contributed by atoms with E-state index in [1.54, 1.807) is 13.2 Å². The monoisotopic (exact) mass is 287 g/mol. The minimum Gasteiger partial charge on any atom is -0.494 e. The number of hydrogen-bond donors (Lipinski definition) is 1. The topological polar surface area (TPSA) is 88.1 Å². The Labute approximate surface area is 122 Å². The Bertz CT molecular complexity index is 671. The molecule has 4 rings (SSSR count). The highest BCUT2D eigenvalue weighted by atomic mass is 16.5. The van der Waals surface area contributed by atoms with Crippen molar-refractivity contribution in [1.29, 1.82) is 0 Å². The molecule has 2 fully saturated rings. The summed E-state index contributed by atoms with van der Waals surface area (Å²) in [6.45, 7) is 0. The summed E-state index contributed by atoms with van der Waals surface area (Å²) in [4.78, 5) is 0. The zero-order valence-electron chi connectivity index (χ0n) is 11.8. The van der Waals surface area contributed by atoms with Gasteiger partial charge in [-0.3, -0.25) is 0 Å². The Morgan fingerprint density at radius 3 is 3.00 bits per heavy atom. The molecule has 2 N–H and O–H groups in total. The molecule has 2 aromatic rings. The zero-order valence-corrected chi connectivity index (χ0v) is 11.8. The summed E-state index contributed by atoms with van der Waals surface area (Å²) in [5.41, 5.74) is 7.36. The summed E-state index contributed by atoms with van der Waals surface area (Å²) in [7, 11) is 1.60. The van der Waals surface area contributed by atoms with E-state index < -0.39 is 0 Å². The molecular weight excluding hydrogens is 270 g/mol.